The van der Waals surface area contributed by atoms with Crippen molar-refractivity contribution in [3.05, 3.63) is 93.9 Å². The van der Waals surface area contributed by atoms with Gasteiger partial charge in [0.1, 0.15) is 18.1 Å². The molecule has 0 saturated carbocycles. The van der Waals surface area contributed by atoms with E-state index in [2.05, 4.69) is 81.7 Å². The van der Waals surface area contributed by atoms with E-state index in [1.165, 1.54) is 38.9 Å². The van der Waals surface area contributed by atoms with Crippen molar-refractivity contribution in [1.29, 1.82) is 0 Å². The first-order chi connectivity index (χ1) is 13.9. The maximum atomic E-state index is 6.18. The Hall–Kier alpha value is -3.07. The quantitative estimate of drug-likeness (QED) is 0.409. The Bertz CT molecular complexity index is 1170. The van der Waals surface area contributed by atoms with Gasteiger partial charge in [-0.2, -0.15) is 0 Å². The van der Waals surface area contributed by atoms with Crippen LogP contribution in [0.4, 0.5) is 0 Å². The van der Waals surface area contributed by atoms with E-state index in [1.807, 2.05) is 12.3 Å². The van der Waals surface area contributed by atoms with Crippen LogP contribution in [0.5, 0.6) is 5.75 Å². The van der Waals surface area contributed by atoms with Gasteiger partial charge in [0.05, 0.1) is 5.52 Å². The van der Waals surface area contributed by atoms with E-state index in [0.717, 1.165) is 23.6 Å². The SMILES string of the molecule is Cc1ccc(Cn2c(C)c(C)c3ccnc(COc4ccc(C)cc4C)c32)cc1. The summed E-state index contributed by atoms with van der Waals surface area (Å²) in [5.41, 5.74) is 9.71. The second kappa shape index (κ2) is 7.75. The van der Waals surface area contributed by atoms with Crippen molar-refractivity contribution in [2.24, 2.45) is 0 Å². The van der Waals surface area contributed by atoms with Crippen molar-refractivity contribution in [1.82, 2.24) is 9.55 Å². The van der Waals surface area contributed by atoms with Gasteiger partial charge in [-0.1, -0.05) is 47.5 Å². The van der Waals surface area contributed by atoms with Gasteiger partial charge < -0.3 is 9.30 Å². The second-order valence-corrected chi connectivity index (χ2v) is 7.99. The van der Waals surface area contributed by atoms with Crippen LogP contribution in [-0.4, -0.2) is 9.55 Å². The van der Waals surface area contributed by atoms with E-state index in [-0.39, 0.29) is 0 Å². The first-order valence-electron chi connectivity index (χ1n) is 10.1. The normalized spacial score (nSPS) is 11.2. The minimum atomic E-state index is 0.456. The molecule has 0 spiro atoms. The van der Waals surface area contributed by atoms with E-state index in [9.17, 15) is 0 Å². The molecule has 0 saturated heterocycles. The average molecular weight is 385 g/mol. The molecule has 0 N–H and O–H groups in total. The average Bonchev–Trinajstić information content (AvgIpc) is 2.94. The first kappa shape index (κ1) is 19.3. The zero-order valence-corrected chi connectivity index (χ0v) is 17.9. The molecule has 4 aromatic rings. The lowest BCUT2D eigenvalue weighted by Crippen LogP contribution is -2.07. The fourth-order valence-electron chi connectivity index (χ4n) is 3.95. The Morgan fingerprint density at radius 2 is 1.59 bits per heavy atom. The number of rotatable bonds is 5. The Balaban J connectivity index is 1.72. The summed E-state index contributed by atoms with van der Waals surface area (Å²) in [5.74, 6) is 0.916. The number of pyridine rings is 1. The van der Waals surface area contributed by atoms with Crippen molar-refractivity contribution in [3.8, 4) is 5.75 Å². The Morgan fingerprint density at radius 1 is 0.862 bits per heavy atom. The van der Waals surface area contributed by atoms with E-state index in [4.69, 9.17) is 9.72 Å². The van der Waals surface area contributed by atoms with Crippen LogP contribution in [0.25, 0.3) is 10.9 Å². The molecule has 0 fully saturated rings. The lowest BCUT2D eigenvalue weighted by Gasteiger charge is -2.13. The highest BCUT2D eigenvalue weighted by atomic mass is 16.5. The third kappa shape index (κ3) is 3.77. The molecule has 0 aliphatic heterocycles. The van der Waals surface area contributed by atoms with Gasteiger partial charge in [-0.05, 0) is 63.4 Å². The third-order valence-corrected chi connectivity index (χ3v) is 5.78. The van der Waals surface area contributed by atoms with E-state index in [1.54, 1.807) is 0 Å². The fraction of sp³-hybridized carbons (Fsp3) is 0.269. The summed E-state index contributed by atoms with van der Waals surface area (Å²) in [6.07, 6.45) is 1.89. The number of hydrogen-bond donors (Lipinski definition) is 0. The van der Waals surface area contributed by atoms with Gasteiger partial charge in [0, 0.05) is 23.8 Å². The maximum Gasteiger partial charge on any atom is 0.132 e. The van der Waals surface area contributed by atoms with E-state index < -0.39 is 0 Å². The Morgan fingerprint density at radius 3 is 2.31 bits per heavy atom. The highest BCUT2D eigenvalue weighted by Gasteiger charge is 2.16. The number of fused-ring (bicyclic) bond motifs is 1. The molecule has 0 amide bonds. The Labute approximate surface area is 173 Å². The van der Waals surface area contributed by atoms with Crippen LogP contribution in [-0.2, 0) is 13.2 Å². The number of ether oxygens (including phenoxy) is 1. The first-order valence-corrected chi connectivity index (χ1v) is 10.1. The van der Waals surface area contributed by atoms with Crippen LogP contribution in [0.1, 0.15) is 39.2 Å². The molecule has 0 atom stereocenters. The molecule has 0 aliphatic carbocycles. The van der Waals surface area contributed by atoms with Crippen LogP contribution in [0.15, 0.2) is 54.7 Å². The van der Waals surface area contributed by atoms with Gasteiger partial charge in [-0.3, -0.25) is 4.98 Å². The zero-order valence-electron chi connectivity index (χ0n) is 17.9. The summed E-state index contributed by atoms with van der Waals surface area (Å²) < 4.78 is 8.56. The van der Waals surface area contributed by atoms with Crippen molar-refractivity contribution >= 4 is 10.9 Å². The molecule has 3 heteroatoms. The number of hydrogen-bond acceptors (Lipinski definition) is 2. The second-order valence-electron chi connectivity index (χ2n) is 7.99. The summed E-state index contributed by atoms with van der Waals surface area (Å²) in [4.78, 5) is 4.69. The highest BCUT2D eigenvalue weighted by Crippen LogP contribution is 2.29. The molecule has 2 aromatic carbocycles. The van der Waals surface area contributed by atoms with Crippen molar-refractivity contribution in [2.45, 2.75) is 47.8 Å². The van der Waals surface area contributed by atoms with Crippen LogP contribution in [0, 0.1) is 34.6 Å². The maximum absolute atomic E-state index is 6.18. The largest absolute Gasteiger partial charge is 0.487 e. The fourth-order valence-corrected chi connectivity index (χ4v) is 3.95. The number of aromatic nitrogens is 2. The lowest BCUT2D eigenvalue weighted by molar-refractivity contribution is 0.300. The minimum Gasteiger partial charge on any atom is -0.487 e. The number of aryl methyl sites for hydroxylation is 4. The van der Waals surface area contributed by atoms with Gasteiger partial charge in [0.2, 0.25) is 0 Å². The zero-order chi connectivity index (χ0) is 20.5. The topological polar surface area (TPSA) is 27.1 Å². The monoisotopic (exact) mass is 384 g/mol. The lowest BCUT2D eigenvalue weighted by atomic mass is 10.1. The van der Waals surface area contributed by atoms with Gasteiger partial charge in [0.25, 0.3) is 0 Å². The van der Waals surface area contributed by atoms with Crippen molar-refractivity contribution < 1.29 is 4.74 Å². The summed E-state index contributed by atoms with van der Waals surface area (Å²) in [5, 5.41) is 1.25. The van der Waals surface area contributed by atoms with Gasteiger partial charge in [-0.15, -0.1) is 0 Å². The summed E-state index contributed by atoms with van der Waals surface area (Å²) in [6.45, 7) is 12.0. The molecule has 2 heterocycles. The molecule has 0 unspecified atom stereocenters. The van der Waals surface area contributed by atoms with E-state index >= 15 is 0 Å². The number of nitrogens with zero attached hydrogens (tertiary/aromatic N) is 2. The molecular weight excluding hydrogens is 356 g/mol. The molecule has 2 aromatic heterocycles. The highest BCUT2D eigenvalue weighted by molar-refractivity contribution is 5.87. The third-order valence-electron chi connectivity index (χ3n) is 5.78. The van der Waals surface area contributed by atoms with Gasteiger partial charge >= 0.3 is 0 Å². The molecule has 0 bridgehead atoms. The predicted octanol–water partition coefficient (Wildman–Crippen LogP) is 6.21. The predicted molar refractivity (Wildman–Crippen MR) is 120 cm³/mol. The van der Waals surface area contributed by atoms with Crippen molar-refractivity contribution in [3.63, 3.8) is 0 Å². The van der Waals surface area contributed by atoms with Gasteiger partial charge in [-0.25, -0.2) is 0 Å². The van der Waals surface area contributed by atoms with Crippen LogP contribution in [0.3, 0.4) is 0 Å². The molecule has 29 heavy (non-hydrogen) atoms. The molecular formula is C26H28N2O. The van der Waals surface area contributed by atoms with Crippen LogP contribution < -0.4 is 4.74 Å². The summed E-state index contributed by atoms with van der Waals surface area (Å²) in [6, 6.07) is 17.2. The standard InChI is InChI=1S/C26H28N2O/c1-17-6-9-22(10-7-17)15-28-21(5)20(4)23-12-13-27-24(26(23)28)16-29-25-11-8-18(2)14-19(25)3/h6-14H,15-16H2,1-5H3. The van der Waals surface area contributed by atoms with Gasteiger partial charge in [0.15, 0.2) is 0 Å². The number of benzene rings is 2. The van der Waals surface area contributed by atoms with Crippen molar-refractivity contribution in [2.75, 3.05) is 0 Å². The molecule has 3 nitrogen and oxygen atoms in total. The summed E-state index contributed by atoms with van der Waals surface area (Å²) in [7, 11) is 0. The van der Waals surface area contributed by atoms with Crippen LogP contribution in [0.2, 0.25) is 0 Å². The molecule has 4 rings (SSSR count). The molecule has 0 radical (unpaired) electrons. The minimum absolute atomic E-state index is 0.456. The Kier molecular flexibility index (Phi) is 5.14. The van der Waals surface area contributed by atoms with Crippen LogP contribution >= 0.6 is 0 Å². The van der Waals surface area contributed by atoms with E-state index in [0.29, 0.717) is 6.61 Å². The summed E-state index contributed by atoms with van der Waals surface area (Å²) >= 11 is 0. The smallest absolute Gasteiger partial charge is 0.132 e. The molecule has 0 aliphatic rings. The molecule has 148 valence electrons.